The predicted molar refractivity (Wildman–Crippen MR) is 70.1 cm³/mol. The molecule has 0 saturated heterocycles. The zero-order chi connectivity index (χ0) is 13.6. The number of hydrogen-bond acceptors (Lipinski definition) is 3. The van der Waals surface area contributed by atoms with E-state index in [1.807, 2.05) is 37.3 Å². The van der Waals surface area contributed by atoms with E-state index in [2.05, 4.69) is 0 Å². The van der Waals surface area contributed by atoms with Crippen LogP contribution in [0.15, 0.2) is 30.3 Å². The Morgan fingerprint density at radius 2 is 1.78 bits per heavy atom. The minimum Gasteiger partial charge on any atom is -0.446 e. The van der Waals surface area contributed by atoms with Crippen LogP contribution in [0.3, 0.4) is 0 Å². The van der Waals surface area contributed by atoms with Gasteiger partial charge in [0, 0.05) is 18.4 Å². The van der Waals surface area contributed by atoms with Gasteiger partial charge in [-0.15, -0.1) is 0 Å². The first kappa shape index (κ1) is 14.4. The van der Waals surface area contributed by atoms with Gasteiger partial charge in [-0.05, 0) is 13.3 Å². The lowest BCUT2D eigenvalue weighted by atomic mass is 9.90. The average molecular weight is 248 g/mol. The summed E-state index contributed by atoms with van der Waals surface area (Å²) in [5.41, 5.74) is -0.441. The largest absolute Gasteiger partial charge is 0.446 e. The summed E-state index contributed by atoms with van der Waals surface area (Å²) < 4.78 is 5.43. The fourth-order valence-corrected chi connectivity index (χ4v) is 1.85. The molecule has 0 spiro atoms. The Hall–Kier alpha value is -1.64. The fourth-order valence-electron chi connectivity index (χ4n) is 1.85. The summed E-state index contributed by atoms with van der Waals surface area (Å²) in [6, 6.07) is 9.17. The number of benzene rings is 1. The fraction of sp³-hybridized carbons (Fsp3) is 0.467. The summed E-state index contributed by atoms with van der Waals surface area (Å²) in [5, 5.41) is 0. The van der Waals surface area contributed by atoms with E-state index in [1.165, 1.54) is 0 Å². The number of rotatable bonds is 6. The molecule has 1 unspecified atom stereocenters. The second kappa shape index (κ2) is 6.34. The molecule has 0 aromatic heterocycles. The minimum atomic E-state index is -1.16. The maximum atomic E-state index is 12.1. The first-order chi connectivity index (χ1) is 8.54. The lowest BCUT2D eigenvalue weighted by Gasteiger charge is -2.28. The molecule has 0 amide bonds. The lowest BCUT2D eigenvalue weighted by Crippen LogP contribution is -2.37. The van der Waals surface area contributed by atoms with Crippen molar-refractivity contribution in [1.29, 1.82) is 0 Å². The van der Waals surface area contributed by atoms with E-state index >= 15 is 0 Å². The van der Waals surface area contributed by atoms with Crippen LogP contribution in [-0.2, 0) is 19.9 Å². The molecule has 3 heteroatoms. The highest BCUT2D eigenvalue weighted by atomic mass is 16.6. The van der Waals surface area contributed by atoms with Crippen molar-refractivity contribution in [2.75, 3.05) is 0 Å². The van der Waals surface area contributed by atoms with Gasteiger partial charge in [0.1, 0.15) is 0 Å². The van der Waals surface area contributed by atoms with Crippen LogP contribution in [-0.4, -0.2) is 11.8 Å². The third kappa shape index (κ3) is 3.19. The van der Waals surface area contributed by atoms with Gasteiger partial charge in [0.2, 0.25) is 0 Å². The molecule has 1 rings (SSSR count). The lowest BCUT2D eigenvalue weighted by molar-refractivity contribution is -0.167. The van der Waals surface area contributed by atoms with Crippen molar-refractivity contribution >= 4 is 11.8 Å². The van der Waals surface area contributed by atoms with Crippen LogP contribution in [0.25, 0.3) is 0 Å². The number of hydrogen-bond donors (Lipinski definition) is 0. The van der Waals surface area contributed by atoms with Crippen LogP contribution in [0.4, 0.5) is 0 Å². The first-order valence-electron chi connectivity index (χ1n) is 6.35. The molecule has 1 aromatic carbocycles. The monoisotopic (exact) mass is 248 g/mol. The van der Waals surface area contributed by atoms with Crippen LogP contribution < -0.4 is 0 Å². The zero-order valence-corrected chi connectivity index (χ0v) is 11.2. The smallest absolute Gasteiger partial charge is 0.307 e. The minimum absolute atomic E-state index is 0.0850. The molecule has 1 aromatic rings. The van der Waals surface area contributed by atoms with Crippen molar-refractivity contribution in [3.05, 3.63) is 35.9 Å². The van der Waals surface area contributed by atoms with Gasteiger partial charge in [-0.3, -0.25) is 9.59 Å². The Labute approximate surface area is 108 Å². The van der Waals surface area contributed by atoms with Crippen LogP contribution in [0.2, 0.25) is 0 Å². The van der Waals surface area contributed by atoms with Gasteiger partial charge in [0.15, 0.2) is 11.4 Å². The molecular weight excluding hydrogens is 228 g/mol. The van der Waals surface area contributed by atoms with E-state index in [1.54, 1.807) is 13.8 Å². The molecule has 0 aliphatic carbocycles. The van der Waals surface area contributed by atoms with E-state index in [9.17, 15) is 9.59 Å². The number of ketones is 1. The summed E-state index contributed by atoms with van der Waals surface area (Å²) >= 11 is 0. The molecule has 0 N–H and O–H groups in total. The molecule has 0 heterocycles. The summed E-state index contributed by atoms with van der Waals surface area (Å²) in [4.78, 5) is 23.8. The Kier molecular flexibility index (Phi) is 5.08. The van der Waals surface area contributed by atoms with Crippen molar-refractivity contribution < 1.29 is 14.3 Å². The van der Waals surface area contributed by atoms with Crippen molar-refractivity contribution in [2.24, 2.45) is 0 Å². The highest BCUT2D eigenvalue weighted by molar-refractivity contribution is 5.90. The Morgan fingerprint density at radius 3 is 2.28 bits per heavy atom. The third-order valence-corrected chi connectivity index (χ3v) is 2.95. The van der Waals surface area contributed by atoms with E-state index in [0.717, 1.165) is 5.56 Å². The summed E-state index contributed by atoms with van der Waals surface area (Å²) in [7, 11) is 0. The molecular formula is C15H20O3. The van der Waals surface area contributed by atoms with Gasteiger partial charge in [0.05, 0.1) is 0 Å². The summed E-state index contributed by atoms with van der Waals surface area (Å²) in [6.07, 6.45) is 1.38. The topological polar surface area (TPSA) is 43.4 Å². The van der Waals surface area contributed by atoms with Crippen LogP contribution in [0.1, 0.15) is 45.6 Å². The highest BCUT2D eigenvalue weighted by Crippen LogP contribution is 2.28. The van der Waals surface area contributed by atoms with E-state index < -0.39 is 5.60 Å². The molecule has 0 fully saturated rings. The van der Waals surface area contributed by atoms with Crippen LogP contribution in [0, 0.1) is 0 Å². The molecule has 0 radical (unpaired) electrons. The number of ether oxygens (including phenoxy) is 1. The molecule has 0 aliphatic rings. The van der Waals surface area contributed by atoms with Crippen molar-refractivity contribution in [3.8, 4) is 0 Å². The van der Waals surface area contributed by atoms with Gasteiger partial charge in [-0.25, -0.2) is 0 Å². The second-order valence-corrected chi connectivity index (χ2v) is 4.40. The number of esters is 1. The number of carbonyl (C=O) groups excluding carboxylic acids is 2. The number of Topliss-reactive ketones (excluding diaryl/α,β-unsaturated/α-hetero) is 1. The maximum absolute atomic E-state index is 12.1. The quantitative estimate of drug-likeness (QED) is 0.726. The van der Waals surface area contributed by atoms with E-state index in [-0.39, 0.29) is 11.8 Å². The molecule has 0 aliphatic heterocycles. The first-order valence-corrected chi connectivity index (χ1v) is 6.35. The SMILES string of the molecule is CCCC(=O)OC(C)(C(=O)CC)c1ccccc1. The molecule has 1 atom stereocenters. The predicted octanol–water partition coefficient (Wildman–Crippen LogP) is 3.22. The van der Waals surface area contributed by atoms with Crippen molar-refractivity contribution in [3.63, 3.8) is 0 Å². The average Bonchev–Trinajstić information content (AvgIpc) is 2.38. The summed E-state index contributed by atoms with van der Waals surface area (Å²) in [6.45, 7) is 5.35. The molecule has 3 nitrogen and oxygen atoms in total. The molecule has 0 saturated carbocycles. The Balaban J connectivity index is 3.04. The van der Waals surface area contributed by atoms with Crippen LogP contribution >= 0.6 is 0 Å². The Bertz CT molecular complexity index is 411. The summed E-state index contributed by atoms with van der Waals surface area (Å²) in [5.74, 6) is -0.413. The maximum Gasteiger partial charge on any atom is 0.307 e. The Morgan fingerprint density at radius 1 is 1.17 bits per heavy atom. The van der Waals surface area contributed by atoms with Gasteiger partial charge in [-0.2, -0.15) is 0 Å². The van der Waals surface area contributed by atoms with Crippen molar-refractivity contribution in [2.45, 2.75) is 45.6 Å². The molecule has 98 valence electrons. The van der Waals surface area contributed by atoms with Crippen LogP contribution in [0.5, 0.6) is 0 Å². The van der Waals surface area contributed by atoms with E-state index in [0.29, 0.717) is 19.3 Å². The standard InChI is InChI=1S/C15H20O3/c1-4-9-14(17)18-15(3,13(16)5-2)12-10-7-6-8-11-12/h6-8,10-11H,4-5,9H2,1-3H3. The number of carbonyl (C=O) groups is 2. The van der Waals surface area contributed by atoms with E-state index in [4.69, 9.17) is 4.74 Å². The highest BCUT2D eigenvalue weighted by Gasteiger charge is 2.37. The zero-order valence-electron chi connectivity index (χ0n) is 11.2. The van der Waals surface area contributed by atoms with Gasteiger partial charge < -0.3 is 4.74 Å². The molecule has 18 heavy (non-hydrogen) atoms. The normalized spacial score (nSPS) is 13.7. The molecule has 0 bridgehead atoms. The van der Waals surface area contributed by atoms with Gasteiger partial charge >= 0.3 is 5.97 Å². The van der Waals surface area contributed by atoms with Gasteiger partial charge in [-0.1, -0.05) is 44.2 Å². The van der Waals surface area contributed by atoms with Crippen molar-refractivity contribution in [1.82, 2.24) is 0 Å². The second-order valence-electron chi connectivity index (χ2n) is 4.40. The van der Waals surface area contributed by atoms with Gasteiger partial charge in [0.25, 0.3) is 0 Å². The third-order valence-electron chi connectivity index (χ3n) is 2.95.